The summed E-state index contributed by atoms with van der Waals surface area (Å²) in [5, 5.41) is 9.86. The normalized spacial score (nSPS) is 11.8. The lowest BCUT2D eigenvalue weighted by Crippen LogP contribution is -2.08. The summed E-state index contributed by atoms with van der Waals surface area (Å²) in [6.07, 6.45) is -4.56. The quantitative estimate of drug-likeness (QED) is 0.733. The predicted octanol–water partition coefficient (Wildman–Crippen LogP) is 4.18. The standard InChI is InChI=1S/C16H9F3O3/c17-16(18,19)13-4-2-1-3-11(13)14-7-9-5-6-10(20)8-12(9)15(21)22-14/h1-8,20H. The molecule has 1 N–H and O–H groups in total. The second-order valence-electron chi connectivity index (χ2n) is 4.71. The van der Waals surface area contributed by atoms with E-state index in [1.165, 1.54) is 42.5 Å². The Bertz CT molecular complexity index is 910. The Kier molecular flexibility index (Phi) is 3.16. The number of halogens is 3. The lowest BCUT2D eigenvalue weighted by atomic mass is 10.0. The van der Waals surface area contributed by atoms with Gasteiger partial charge < -0.3 is 9.52 Å². The molecule has 0 aliphatic carbocycles. The van der Waals surface area contributed by atoms with Crippen molar-refractivity contribution in [3.63, 3.8) is 0 Å². The molecule has 3 aromatic rings. The maximum absolute atomic E-state index is 13.0. The number of fused-ring (bicyclic) bond motifs is 1. The highest BCUT2D eigenvalue weighted by molar-refractivity contribution is 5.85. The average Bonchev–Trinajstić information content (AvgIpc) is 2.47. The maximum Gasteiger partial charge on any atom is 0.417 e. The van der Waals surface area contributed by atoms with Crippen molar-refractivity contribution in [3.8, 4) is 17.1 Å². The van der Waals surface area contributed by atoms with E-state index >= 15 is 0 Å². The fourth-order valence-electron chi connectivity index (χ4n) is 2.25. The van der Waals surface area contributed by atoms with Crippen LogP contribution in [0.2, 0.25) is 0 Å². The maximum atomic E-state index is 13.0. The molecule has 2 aromatic carbocycles. The Labute approximate surface area is 122 Å². The zero-order valence-corrected chi connectivity index (χ0v) is 11.0. The van der Waals surface area contributed by atoms with Gasteiger partial charge in [0.25, 0.3) is 0 Å². The Morgan fingerprint density at radius 2 is 1.73 bits per heavy atom. The van der Waals surface area contributed by atoms with Crippen LogP contribution < -0.4 is 5.63 Å². The Morgan fingerprint density at radius 3 is 2.45 bits per heavy atom. The van der Waals surface area contributed by atoms with Crippen LogP contribution in [0.5, 0.6) is 5.75 Å². The van der Waals surface area contributed by atoms with E-state index in [-0.39, 0.29) is 22.5 Å². The Morgan fingerprint density at radius 1 is 1.00 bits per heavy atom. The van der Waals surface area contributed by atoms with E-state index in [1.54, 1.807) is 0 Å². The number of benzene rings is 2. The largest absolute Gasteiger partial charge is 0.508 e. The van der Waals surface area contributed by atoms with Crippen molar-refractivity contribution in [2.45, 2.75) is 6.18 Å². The third-order valence-electron chi connectivity index (χ3n) is 3.24. The highest BCUT2D eigenvalue weighted by Crippen LogP contribution is 2.37. The Balaban J connectivity index is 2.29. The molecule has 3 nitrogen and oxygen atoms in total. The van der Waals surface area contributed by atoms with Crippen molar-refractivity contribution in [1.29, 1.82) is 0 Å². The molecule has 112 valence electrons. The van der Waals surface area contributed by atoms with Gasteiger partial charge in [0, 0.05) is 5.56 Å². The van der Waals surface area contributed by atoms with Gasteiger partial charge >= 0.3 is 11.8 Å². The molecular weight excluding hydrogens is 297 g/mol. The van der Waals surface area contributed by atoms with Gasteiger partial charge in [-0.3, -0.25) is 0 Å². The molecule has 0 saturated heterocycles. The van der Waals surface area contributed by atoms with Crippen LogP contribution >= 0.6 is 0 Å². The first-order chi connectivity index (χ1) is 10.4. The molecule has 0 radical (unpaired) electrons. The van der Waals surface area contributed by atoms with E-state index in [0.29, 0.717) is 5.39 Å². The van der Waals surface area contributed by atoms with Crippen LogP contribution in [0.1, 0.15) is 5.56 Å². The fourth-order valence-corrected chi connectivity index (χ4v) is 2.25. The van der Waals surface area contributed by atoms with Crippen molar-refractivity contribution >= 4 is 10.8 Å². The SMILES string of the molecule is O=c1oc(-c2ccccc2C(F)(F)F)cc2ccc(O)cc12. The molecule has 0 spiro atoms. The number of phenolic OH excluding ortho intramolecular Hbond substituents is 1. The van der Waals surface area contributed by atoms with E-state index in [0.717, 1.165) is 6.07 Å². The minimum absolute atomic E-state index is 0.105. The van der Waals surface area contributed by atoms with Gasteiger partial charge in [0.1, 0.15) is 11.5 Å². The minimum atomic E-state index is -4.56. The smallest absolute Gasteiger partial charge is 0.417 e. The zero-order chi connectivity index (χ0) is 15.9. The molecular formula is C16H9F3O3. The summed E-state index contributed by atoms with van der Waals surface area (Å²) >= 11 is 0. The van der Waals surface area contributed by atoms with Crippen molar-refractivity contribution in [2.24, 2.45) is 0 Å². The van der Waals surface area contributed by atoms with Gasteiger partial charge in [-0.05, 0) is 29.7 Å². The summed E-state index contributed by atoms with van der Waals surface area (Å²) in [6.45, 7) is 0. The van der Waals surface area contributed by atoms with Crippen molar-refractivity contribution in [1.82, 2.24) is 0 Å². The van der Waals surface area contributed by atoms with Gasteiger partial charge in [0.2, 0.25) is 0 Å². The third-order valence-corrected chi connectivity index (χ3v) is 3.24. The second kappa shape index (κ2) is 4.91. The molecule has 22 heavy (non-hydrogen) atoms. The topological polar surface area (TPSA) is 50.4 Å². The molecule has 6 heteroatoms. The van der Waals surface area contributed by atoms with Gasteiger partial charge in [-0.1, -0.05) is 24.3 Å². The van der Waals surface area contributed by atoms with Crippen LogP contribution in [0.4, 0.5) is 13.2 Å². The summed E-state index contributed by atoms with van der Waals surface area (Å²) in [6, 6.07) is 10.2. The van der Waals surface area contributed by atoms with Gasteiger partial charge in [0.05, 0.1) is 10.9 Å². The molecule has 0 bridgehead atoms. The number of alkyl halides is 3. The molecule has 0 atom stereocenters. The van der Waals surface area contributed by atoms with Crippen LogP contribution in [-0.2, 0) is 6.18 Å². The molecule has 0 saturated carbocycles. The first-order valence-corrected chi connectivity index (χ1v) is 6.30. The average molecular weight is 306 g/mol. The predicted molar refractivity (Wildman–Crippen MR) is 74.6 cm³/mol. The molecule has 0 aliphatic rings. The monoisotopic (exact) mass is 306 g/mol. The van der Waals surface area contributed by atoms with Crippen LogP contribution in [0.25, 0.3) is 22.1 Å². The van der Waals surface area contributed by atoms with Crippen molar-refractivity contribution < 1.29 is 22.7 Å². The van der Waals surface area contributed by atoms with Crippen molar-refractivity contribution in [3.05, 3.63) is 64.5 Å². The van der Waals surface area contributed by atoms with E-state index < -0.39 is 17.4 Å². The molecule has 1 heterocycles. The van der Waals surface area contributed by atoms with Gasteiger partial charge in [-0.2, -0.15) is 13.2 Å². The zero-order valence-electron chi connectivity index (χ0n) is 11.0. The lowest BCUT2D eigenvalue weighted by molar-refractivity contribution is -0.137. The molecule has 0 unspecified atom stereocenters. The van der Waals surface area contributed by atoms with E-state index in [9.17, 15) is 23.1 Å². The second-order valence-corrected chi connectivity index (χ2v) is 4.71. The number of phenols is 1. The number of hydrogen-bond donors (Lipinski definition) is 1. The number of rotatable bonds is 1. The molecule has 3 rings (SSSR count). The number of hydrogen-bond acceptors (Lipinski definition) is 3. The van der Waals surface area contributed by atoms with Crippen LogP contribution in [0, 0.1) is 0 Å². The van der Waals surface area contributed by atoms with Gasteiger partial charge in [-0.25, -0.2) is 4.79 Å². The highest BCUT2D eigenvalue weighted by Gasteiger charge is 2.34. The van der Waals surface area contributed by atoms with E-state index in [4.69, 9.17) is 4.42 Å². The molecule has 0 fully saturated rings. The Hall–Kier alpha value is -2.76. The first kappa shape index (κ1) is 14.2. The van der Waals surface area contributed by atoms with Crippen LogP contribution in [0.15, 0.2) is 57.7 Å². The minimum Gasteiger partial charge on any atom is -0.508 e. The van der Waals surface area contributed by atoms with Crippen molar-refractivity contribution in [2.75, 3.05) is 0 Å². The third kappa shape index (κ3) is 2.43. The highest BCUT2D eigenvalue weighted by atomic mass is 19.4. The summed E-state index contributed by atoms with van der Waals surface area (Å²) in [4.78, 5) is 11.9. The summed E-state index contributed by atoms with van der Waals surface area (Å²) in [7, 11) is 0. The molecule has 0 aliphatic heterocycles. The van der Waals surface area contributed by atoms with Crippen LogP contribution in [-0.4, -0.2) is 5.11 Å². The lowest BCUT2D eigenvalue weighted by Gasteiger charge is -2.12. The summed E-state index contributed by atoms with van der Waals surface area (Å²) in [5.41, 5.74) is -1.89. The molecule has 1 aromatic heterocycles. The fraction of sp³-hybridized carbons (Fsp3) is 0.0625. The van der Waals surface area contributed by atoms with Gasteiger partial charge in [-0.15, -0.1) is 0 Å². The summed E-state index contributed by atoms with van der Waals surface area (Å²) in [5.74, 6) is -0.292. The first-order valence-electron chi connectivity index (χ1n) is 6.30. The summed E-state index contributed by atoms with van der Waals surface area (Å²) < 4.78 is 44.1. The number of aromatic hydroxyl groups is 1. The van der Waals surface area contributed by atoms with E-state index in [1.807, 2.05) is 0 Å². The van der Waals surface area contributed by atoms with Gasteiger partial charge in [0.15, 0.2) is 0 Å². The molecule has 0 amide bonds. The van der Waals surface area contributed by atoms with E-state index in [2.05, 4.69) is 0 Å². The van der Waals surface area contributed by atoms with Crippen LogP contribution in [0.3, 0.4) is 0 Å².